The zero-order chi connectivity index (χ0) is 18.4. The van der Waals surface area contributed by atoms with Gasteiger partial charge >= 0.3 is 0 Å². The summed E-state index contributed by atoms with van der Waals surface area (Å²) in [6.45, 7) is 5.21. The van der Waals surface area contributed by atoms with E-state index in [1.165, 1.54) is 4.31 Å². The molecule has 0 aromatic heterocycles. The van der Waals surface area contributed by atoms with Crippen LogP contribution in [0.1, 0.15) is 33.1 Å². The molecule has 0 saturated heterocycles. The number of nitrogens with zero attached hydrogens (tertiary/aromatic N) is 1. The molecule has 0 fully saturated rings. The second kappa shape index (κ2) is 8.42. The normalized spacial score (nSPS) is 13.1. The molecule has 1 aromatic carbocycles. The number of nitrogens with one attached hydrogen (secondary N) is 1. The maximum atomic E-state index is 12.1. The highest BCUT2D eigenvalue weighted by Crippen LogP contribution is 2.36. The minimum atomic E-state index is -3.46. The summed E-state index contributed by atoms with van der Waals surface area (Å²) >= 11 is 0. The summed E-state index contributed by atoms with van der Waals surface area (Å²) in [6, 6.07) is 5.01. The smallest absolute Gasteiger partial charge is 0.232 e. The first-order valence-electron chi connectivity index (χ1n) is 8.41. The first kappa shape index (κ1) is 19.4. The number of anilines is 1. The molecule has 1 N–H and O–H groups in total. The van der Waals surface area contributed by atoms with E-state index in [1.807, 2.05) is 0 Å². The fraction of sp³-hybridized carbons (Fsp3) is 0.588. The van der Waals surface area contributed by atoms with Gasteiger partial charge in [-0.25, -0.2) is 8.42 Å². The van der Waals surface area contributed by atoms with E-state index in [9.17, 15) is 13.2 Å². The number of hydrogen-bond acceptors (Lipinski definition) is 5. The Labute approximate surface area is 149 Å². The Kier molecular flexibility index (Phi) is 6.52. The Hall–Kier alpha value is -1.96. The van der Waals surface area contributed by atoms with Crippen molar-refractivity contribution in [2.45, 2.75) is 33.1 Å². The van der Waals surface area contributed by atoms with Gasteiger partial charge in [0.2, 0.25) is 22.7 Å². The largest absolute Gasteiger partial charge is 0.454 e. The molecule has 0 radical (unpaired) electrons. The van der Waals surface area contributed by atoms with Crippen molar-refractivity contribution in [1.29, 1.82) is 0 Å². The van der Waals surface area contributed by atoms with Gasteiger partial charge in [-0.05, 0) is 30.9 Å². The lowest BCUT2D eigenvalue weighted by molar-refractivity contribution is -0.121. The fourth-order valence-corrected chi connectivity index (χ4v) is 3.46. The van der Waals surface area contributed by atoms with Crippen molar-refractivity contribution < 1.29 is 22.7 Å². The maximum absolute atomic E-state index is 12.1. The highest BCUT2D eigenvalue weighted by atomic mass is 32.2. The van der Waals surface area contributed by atoms with Crippen LogP contribution in [0.5, 0.6) is 11.5 Å². The average molecular weight is 370 g/mol. The van der Waals surface area contributed by atoms with Crippen LogP contribution in [-0.4, -0.2) is 40.5 Å². The van der Waals surface area contributed by atoms with E-state index in [0.29, 0.717) is 36.1 Å². The van der Waals surface area contributed by atoms with Crippen molar-refractivity contribution in [3.05, 3.63) is 18.2 Å². The monoisotopic (exact) mass is 370 g/mol. The summed E-state index contributed by atoms with van der Waals surface area (Å²) in [7, 11) is -3.46. The number of rotatable bonds is 9. The molecule has 1 amide bonds. The number of hydrogen-bond donors (Lipinski definition) is 1. The number of benzene rings is 1. The second-order valence-corrected chi connectivity index (χ2v) is 8.42. The first-order chi connectivity index (χ1) is 11.8. The first-order valence-corrected chi connectivity index (χ1v) is 10.3. The fourth-order valence-electron chi connectivity index (χ4n) is 2.50. The molecule has 2 rings (SSSR count). The van der Waals surface area contributed by atoms with E-state index < -0.39 is 10.0 Å². The zero-order valence-corrected chi connectivity index (χ0v) is 15.8. The quantitative estimate of drug-likeness (QED) is 0.720. The molecule has 0 unspecified atom stereocenters. The highest BCUT2D eigenvalue weighted by molar-refractivity contribution is 7.92. The summed E-state index contributed by atoms with van der Waals surface area (Å²) in [5.74, 6) is 1.60. The Morgan fingerprint density at radius 1 is 1.28 bits per heavy atom. The zero-order valence-electron chi connectivity index (χ0n) is 14.9. The number of ether oxygens (including phenoxy) is 2. The van der Waals surface area contributed by atoms with E-state index in [-0.39, 0.29) is 25.7 Å². The molecular formula is C17H26N2O5S. The molecule has 1 aliphatic heterocycles. The standard InChI is InChI=1S/C17H26N2O5S/c1-13(2)8-9-18-17(20)5-4-10-19(25(3,21)22)14-6-7-15-16(11-14)24-12-23-15/h6-7,11,13H,4-5,8-10,12H2,1-3H3,(H,18,20). The van der Waals surface area contributed by atoms with Crippen LogP contribution in [-0.2, 0) is 14.8 Å². The second-order valence-electron chi connectivity index (χ2n) is 6.51. The van der Waals surface area contributed by atoms with Crippen LogP contribution in [0.3, 0.4) is 0 Å². The van der Waals surface area contributed by atoms with Crippen LogP contribution in [0, 0.1) is 5.92 Å². The molecule has 25 heavy (non-hydrogen) atoms. The SMILES string of the molecule is CC(C)CCNC(=O)CCCN(c1ccc2c(c1)OCO2)S(C)(=O)=O. The number of carbonyl (C=O) groups is 1. The van der Waals surface area contributed by atoms with Crippen molar-refractivity contribution in [2.24, 2.45) is 5.92 Å². The lowest BCUT2D eigenvalue weighted by Gasteiger charge is -2.22. The van der Waals surface area contributed by atoms with Gasteiger partial charge in [0, 0.05) is 25.6 Å². The molecule has 0 saturated carbocycles. The van der Waals surface area contributed by atoms with Crippen LogP contribution >= 0.6 is 0 Å². The maximum Gasteiger partial charge on any atom is 0.232 e. The van der Waals surface area contributed by atoms with Gasteiger partial charge in [-0.15, -0.1) is 0 Å². The Morgan fingerprint density at radius 3 is 2.68 bits per heavy atom. The molecular weight excluding hydrogens is 344 g/mol. The minimum absolute atomic E-state index is 0.0558. The lowest BCUT2D eigenvalue weighted by atomic mass is 10.1. The van der Waals surface area contributed by atoms with Gasteiger partial charge in [0.1, 0.15) is 0 Å². The van der Waals surface area contributed by atoms with Gasteiger partial charge in [-0.1, -0.05) is 13.8 Å². The molecule has 0 bridgehead atoms. The topological polar surface area (TPSA) is 84.9 Å². The molecule has 1 heterocycles. The van der Waals surface area contributed by atoms with E-state index in [1.54, 1.807) is 18.2 Å². The molecule has 8 heteroatoms. The summed E-state index contributed by atoms with van der Waals surface area (Å²) in [6.07, 6.45) is 2.81. The predicted molar refractivity (Wildman–Crippen MR) is 96.5 cm³/mol. The van der Waals surface area contributed by atoms with E-state index in [4.69, 9.17) is 9.47 Å². The van der Waals surface area contributed by atoms with Crippen LogP contribution in [0.25, 0.3) is 0 Å². The summed E-state index contributed by atoms with van der Waals surface area (Å²) < 4.78 is 36.0. The number of carbonyl (C=O) groups excluding carboxylic acids is 1. The highest BCUT2D eigenvalue weighted by Gasteiger charge is 2.21. The number of sulfonamides is 1. The van der Waals surface area contributed by atoms with E-state index in [2.05, 4.69) is 19.2 Å². The van der Waals surface area contributed by atoms with E-state index >= 15 is 0 Å². The van der Waals surface area contributed by atoms with Gasteiger partial charge in [-0.2, -0.15) is 0 Å². The van der Waals surface area contributed by atoms with Gasteiger partial charge in [0.05, 0.1) is 11.9 Å². The molecule has 0 spiro atoms. The van der Waals surface area contributed by atoms with Gasteiger partial charge in [-0.3, -0.25) is 9.10 Å². The summed E-state index contributed by atoms with van der Waals surface area (Å²) in [4.78, 5) is 11.8. The molecule has 1 aromatic rings. The number of amides is 1. The average Bonchev–Trinajstić information content (AvgIpc) is 2.97. The summed E-state index contributed by atoms with van der Waals surface area (Å²) in [5.41, 5.74) is 0.506. The van der Waals surface area contributed by atoms with Crippen LogP contribution in [0.2, 0.25) is 0 Å². The van der Waals surface area contributed by atoms with Crippen molar-refractivity contribution in [3.8, 4) is 11.5 Å². The lowest BCUT2D eigenvalue weighted by Crippen LogP contribution is -2.32. The third-order valence-corrected chi connectivity index (χ3v) is 5.05. The summed E-state index contributed by atoms with van der Waals surface area (Å²) in [5, 5.41) is 2.86. The van der Waals surface area contributed by atoms with Gasteiger partial charge < -0.3 is 14.8 Å². The van der Waals surface area contributed by atoms with E-state index in [0.717, 1.165) is 12.7 Å². The predicted octanol–water partition coefficient (Wildman–Crippen LogP) is 2.12. The van der Waals surface area contributed by atoms with Gasteiger partial charge in [0.15, 0.2) is 11.5 Å². The molecule has 0 aliphatic carbocycles. The third kappa shape index (κ3) is 5.81. The number of fused-ring (bicyclic) bond motifs is 1. The Morgan fingerprint density at radius 2 is 2.00 bits per heavy atom. The molecule has 7 nitrogen and oxygen atoms in total. The minimum Gasteiger partial charge on any atom is -0.454 e. The third-order valence-electron chi connectivity index (χ3n) is 3.85. The Bertz CT molecular complexity index is 703. The van der Waals surface area contributed by atoms with Crippen LogP contribution in [0.4, 0.5) is 5.69 Å². The van der Waals surface area contributed by atoms with Crippen LogP contribution in [0.15, 0.2) is 18.2 Å². The van der Waals surface area contributed by atoms with Crippen molar-refractivity contribution in [1.82, 2.24) is 5.32 Å². The van der Waals surface area contributed by atoms with Gasteiger partial charge in [0.25, 0.3) is 0 Å². The van der Waals surface area contributed by atoms with Crippen molar-refractivity contribution in [2.75, 3.05) is 30.4 Å². The Balaban J connectivity index is 1.92. The van der Waals surface area contributed by atoms with Crippen molar-refractivity contribution >= 4 is 21.6 Å². The van der Waals surface area contributed by atoms with Crippen molar-refractivity contribution in [3.63, 3.8) is 0 Å². The molecule has 1 aliphatic rings. The molecule has 0 atom stereocenters. The van der Waals surface area contributed by atoms with Crippen LogP contribution < -0.4 is 19.1 Å². The molecule has 140 valence electrons.